The lowest BCUT2D eigenvalue weighted by molar-refractivity contribution is -0.137. The highest BCUT2D eigenvalue weighted by Crippen LogP contribution is 2.29. The number of fused-ring (bicyclic) bond motifs is 1. The van der Waals surface area contributed by atoms with E-state index in [0.29, 0.717) is 25.1 Å². The molecule has 2 aromatic rings. The molecule has 1 aromatic carbocycles. The van der Waals surface area contributed by atoms with Crippen molar-refractivity contribution < 1.29 is 22.8 Å². The number of carbonyl (C=O) groups excluding carboxylic acids is 2. The first-order valence-corrected chi connectivity index (χ1v) is 8.65. The van der Waals surface area contributed by atoms with Crippen molar-refractivity contribution in [2.24, 2.45) is 7.05 Å². The van der Waals surface area contributed by atoms with E-state index in [4.69, 9.17) is 0 Å². The van der Waals surface area contributed by atoms with E-state index in [2.05, 4.69) is 10.4 Å². The number of amides is 2. The monoisotopic (exact) mass is 392 g/mol. The molecule has 0 saturated heterocycles. The molecule has 1 aromatic heterocycles. The van der Waals surface area contributed by atoms with Crippen LogP contribution in [0, 0.1) is 0 Å². The van der Waals surface area contributed by atoms with E-state index in [0.717, 1.165) is 23.4 Å². The number of alkyl halides is 3. The Morgan fingerprint density at radius 1 is 1.25 bits per heavy atom. The Labute approximate surface area is 159 Å². The summed E-state index contributed by atoms with van der Waals surface area (Å²) in [6.07, 6.45) is 0.624. The molecule has 148 valence electrons. The lowest BCUT2D eigenvalue weighted by Gasteiger charge is -2.27. The van der Waals surface area contributed by atoms with Gasteiger partial charge in [-0.2, -0.15) is 18.3 Å². The third-order valence-electron chi connectivity index (χ3n) is 4.56. The fourth-order valence-corrected chi connectivity index (χ4v) is 2.99. The van der Waals surface area contributed by atoms with Crippen molar-refractivity contribution >= 4 is 17.9 Å². The van der Waals surface area contributed by atoms with Gasteiger partial charge >= 0.3 is 6.18 Å². The number of benzene rings is 1. The Morgan fingerprint density at radius 3 is 2.64 bits per heavy atom. The van der Waals surface area contributed by atoms with Crippen LogP contribution in [-0.4, -0.2) is 39.6 Å². The van der Waals surface area contributed by atoms with Gasteiger partial charge in [0.15, 0.2) is 0 Å². The van der Waals surface area contributed by atoms with Gasteiger partial charge in [0.2, 0.25) is 11.8 Å². The van der Waals surface area contributed by atoms with Crippen LogP contribution in [0.25, 0.3) is 6.08 Å². The van der Waals surface area contributed by atoms with Crippen molar-refractivity contribution in [1.82, 2.24) is 20.0 Å². The molecule has 2 amide bonds. The predicted molar refractivity (Wildman–Crippen MR) is 95.8 cm³/mol. The maximum atomic E-state index is 12.5. The van der Waals surface area contributed by atoms with E-state index in [1.807, 2.05) is 7.05 Å². The average molecular weight is 392 g/mol. The van der Waals surface area contributed by atoms with Crippen LogP contribution in [0.3, 0.4) is 0 Å². The zero-order valence-corrected chi connectivity index (χ0v) is 15.2. The highest BCUT2D eigenvalue weighted by molar-refractivity contribution is 5.94. The molecule has 3 rings (SSSR count). The van der Waals surface area contributed by atoms with Crippen LogP contribution in [0.4, 0.5) is 13.2 Å². The molecule has 6 nitrogen and oxygen atoms in total. The second-order valence-electron chi connectivity index (χ2n) is 6.48. The van der Waals surface area contributed by atoms with Crippen molar-refractivity contribution in [3.63, 3.8) is 0 Å². The molecule has 0 radical (unpaired) electrons. The molecule has 1 aliphatic heterocycles. The molecule has 9 heteroatoms. The molecule has 0 saturated carbocycles. The Morgan fingerprint density at radius 2 is 1.96 bits per heavy atom. The number of nitrogens with zero attached hydrogens (tertiary/aromatic N) is 3. The number of nitrogens with one attached hydrogen (secondary N) is 1. The fraction of sp³-hybridized carbons (Fsp3) is 0.316. The SMILES string of the molecule is Cn1ncc2c1CCN(C(=O)CNC(=O)/C=C/c1ccc(C(F)(F)F)cc1)C2. The van der Waals surface area contributed by atoms with Crippen molar-refractivity contribution in [3.8, 4) is 0 Å². The number of rotatable bonds is 4. The average Bonchev–Trinajstić information content (AvgIpc) is 3.04. The number of halogens is 3. The third-order valence-corrected chi connectivity index (χ3v) is 4.56. The Bertz CT molecular complexity index is 901. The molecule has 0 spiro atoms. The number of hydrogen-bond donors (Lipinski definition) is 1. The Kier molecular flexibility index (Phi) is 5.53. The normalized spacial score (nSPS) is 14.2. The van der Waals surface area contributed by atoms with E-state index >= 15 is 0 Å². The molecular formula is C19H19F3N4O2. The van der Waals surface area contributed by atoms with Crippen molar-refractivity contribution in [3.05, 3.63) is 58.9 Å². The molecule has 0 fully saturated rings. The Hall–Kier alpha value is -3.10. The van der Waals surface area contributed by atoms with Crippen molar-refractivity contribution in [2.75, 3.05) is 13.1 Å². The van der Waals surface area contributed by atoms with Gasteiger partial charge in [0.25, 0.3) is 0 Å². The molecule has 0 aliphatic carbocycles. The summed E-state index contributed by atoms with van der Waals surface area (Å²) >= 11 is 0. The highest BCUT2D eigenvalue weighted by atomic mass is 19.4. The smallest absolute Gasteiger partial charge is 0.343 e. The van der Waals surface area contributed by atoms with Crippen molar-refractivity contribution in [2.45, 2.75) is 19.1 Å². The van der Waals surface area contributed by atoms with E-state index in [1.165, 1.54) is 24.3 Å². The molecule has 0 bridgehead atoms. The third kappa shape index (κ3) is 4.59. The van der Waals surface area contributed by atoms with E-state index in [-0.39, 0.29) is 12.5 Å². The molecule has 0 unspecified atom stereocenters. The molecule has 0 atom stereocenters. The molecule has 1 aliphatic rings. The summed E-state index contributed by atoms with van der Waals surface area (Å²) in [4.78, 5) is 25.8. The largest absolute Gasteiger partial charge is 0.416 e. The standard InChI is InChI=1S/C19H19F3N4O2/c1-25-16-8-9-26(12-14(16)10-24-25)18(28)11-23-17(27)7-4-13-2-5-15(6-3-13)19(20,21)22/h2-7,10H,8-9,11-12H2,1H3,(H,23,27)/b7-4+. The molecule has 28 heavy (non-hydrogen) atoms. The summed E-state index contributed by atoms with van der Waals surface area (Å²) in [6, 6.07) is 4.45. The molecule has 1 N–H and O–H groups in total. The molecular weight excluding hydrogens is 373 g/mol. The predicted octanol–water partition coefficient (Wildman–Crippen LogP) is 2.15. The van der Waals surface area contributed by atoms with Crippen molar-refractivity contribution in [1.29, 1.82) is 0 Å². The zero-order valence-electron chi connectivity index (χ0n) is 15.2. The van der Waals surface area contributed by atoms with Crippen LogP contribution >= 0.6 is 0 Å². The van der Waals surface area contributed by atoms with Crippen LogP contribution in [-0.2, 0) is 35.8 Å². The van der Waals surface area contributed by atoms with Gasteiger partial charge in [0.05, 0.1) is 18.3 Å². The second-order valence-corrected chi connectivity index (χ2v) is 6.48. The minimum absolute atomic E-state index is 0.147. The van der Waals surface area contributed by atoms with Gasteiger partial charge in [-0.1, -0.05) is 12.1 Å². The van der Waals surface area contributed by atoms with Gasteiger partial charge in [-0.3, -0.25) is 14.3 Å². The number of aromatic nitrogens is 2. The number of carbonyl (C=O) groups is 2. The van der Waals surface area contributed by atoms with Gasteiger partial charge in [-0.25, -0.2) is 0 Å². The van der Waals surface area contributed by atoms with E-state index in [1.54, 1.807) is 15.8 Å². The second kappa shape index (κ2) is 7.87. The summed E-state index contributed by atoms with van der Waals surface area (Å²) in [7, 11) is 1.86. The summed E-state index contributed by atoms with van der Waals surface area (Å²) in [5.41, 5.74) is 1.80. The van der Waals surface area contributed by atoms with Crippen LogP contribution in [0.2, 0.25) is 0 Å². The number of hydrogen-bond acceptors (Lipinski definition) is 3. The highest BCUT2D eigenvalue weighted by Gasteiger charge is 2.29. The summed E-state index contributed by atoms with van der Waals surface area (Å²) in [5.74, 6) is -0.696. The first-order chi connectivity index (χ1) is 13.2. The number of aryl methyl sites for hydroxylation is 1. The van der Waals surface area contributed by atoms with Gasteiger partial charge in [0, 0.05) is 43.9 Å². The van der Waals surface area contributed by atoms with Gasteiger partial charge in [-0.15, -0.1) is 0 Å². The maximum absolute atomic E-state index is 12.5. The van der Waals surface area contributed by atoms with Crippen LogP contribution in [0.1, 0.15) is 22.4 Å². The summed E-state index contributed by atoms with van der Waals surface area (Å²) in [5, 5.41) is 6.67. The fourth-order valence-electron chi connectivity index (χ4n) is 2.99. The summed E-state index contributed by atoms with van der Waals surface area (Å²) < 4.78 is 39.4. The summed E-state index contributed by atoms with van der Waals surface area (Å²) in [6.45, 7) is 0.869. The maximum Gasteiger partial charge on any atom is 0.416 e. The topological polar surface area (TPSA) is 67.2 Å². The first kappa shape index (κ1) is 19.7. The van der Waals surface area contributed by atoms with Crippen LogP contribution in [0.5, 0.6) is 0 Å². The van der Waals surface area contributed by atoms with Gasteiger partial charge < -0.3 is 10.2 Å². The van der Waals surface area contributed by atoms with Gasteiger partial charge in [-0.05, 0) is 23.8 Å². The zero-order chi connectivity index (χ0) is 20.3. The van der Waals surface area contributed by atoms with Crippen LogP contribution in [0.15, 0.2) is 36.5 Å². The minimum atomic E-state index is -4.40. The van der Waals surface area contributed by atoms with Gasteiger partial charge in [0.1, 0.15) is 0 Å². The lowest BCUT2D eigenvalue weighted by atomic mass is 10.1. The van der Waals surface area contributed by atoms with Crippen LogP contribution < -0.4 is 5.32 Å². The lowest BCUT2D eigenvalue weighted by Crippen LogP contribution is -2.42. The Balaban J connectivity index is 1.49. The minimum Gasteiger partial charge on any atom is -0.343 e. The quantitative estimate of drug-likeness (QED) is 0.811. The van der Waals surface area contributed by atoms with E-state index < -0.39 is 17.6 Å². The first-order valence-electron chi connectivity index (χ1n) is 8.65. The van der Waals surface area contributed by atoms with E-state index in [9.17, 15) is 22.8 Å². The molecule has 2 heterocycles.